The van der Waals surface area contributed by atoms with Crippen LogP contribution in [0, 0.1) is 5.92 Å². The van der Waals surface area contributed by atoms with Crippen molar-refractivity contribution in [3.8, 4) is 0 Å². The molecule has 1 aliphatic rings. The zero-order valence-electron chi connectivity index (χ0n) is 6.52. The Labute approximate surface area is 57.0 Å². The zero-order chi connectivity index (χ0) is 7.07. The van der Waals surface area contributed by atoms with Gasteiger partial charge in [0.05, 0.1) is 0 Å². The van der Waals surface area contributed by atoms with Gasteiger partial charge in [-0.25, -0.2) is 0 Å². The van der Waals surface area contributed by atoms with Crippen molar-refractivity contribution >= 4 is 0 Å². The average molecular weight is 128 g/mol. The Morgan fingerprint density at radius 1 is 1.67 bits per heavy atom. The molecule has 1 fully saturated rings. The summed E-state index contributed by atoms with van der Waals surface area (Å²) in [7, 11) is 2.12. The van der Waals surface area contributed by atoms with Crippen molar-refractivity contribution < 1.29 is 0 Å². The lowest BCUT2D eigenvalue weighted by Gasteiger charge is -2.21. The largest absolute Gasteiger partial charge is 0.324 e. The van der Waals surface area contributed by atoms with Gasteiger partial charge in [0.2, 0.25) is 0 Å². The van der Waals surface area contributed by atoms with E-state index in [0.717, 1.165) is 13.1 Å². The van der Waals surface area contributed by atoms with Crippen LogP contribution in [-0.4, -0.2) is 30.6 Å². The first-order valence-electron chi connectivity index (χ1n) is 3.50. The van der Waals surface area contributed by atoms with Crippen LogP contribution in [0.1, 0.15) is 13.8 Å². The fraction of sp³-hybridized carbons (Fsp3) is 1.00. The van der Waals surface area contributed by atoms with E-state index in [9.17, 15) is 0 Å². The molecule has 2 nitrogen and oxygen atoms in total. The summed E-state index contributed by atoms with van der Waals surface area (Å²) in [4.78, 5) is 2.28. The lowest BCUT2D eigenvalue weighted by molar-refractivity contribution is 0.378. The molecule has 0 aromatic heterocycles. The quantitative estimate of drug-likeness (QED) is 0.508. The highest BCUT2D eigenvalue weighted by atomic mass is 15.2. The molecule has 0 unspecified atom stereocenters. The van der Waals surface area contributed by atoms with Crippen molar-refractivity contribution in [2.24, 2.45) is 11.7 Å². The molecule has 2 N–H and O–H groups in total. The summed E-state index contributed by atoms with van der Waals surface area (Å²) in [6.45, 7) is 6.52. The summed E-state index contributed by atoms with van der Waals surface area (Å²) in [6, 6.07) is 0. The highest BCUT2D eigenvalue weighted by Gasteiger charge is 2.34. The van der Waals surface area contributed by atoms with Crippen LogP contribution in [0.4, 0.5) is 0 Å². The fourth-order valence-electron chi connectivity index (χ4n) is 1.48. The van der Waals surface area contributed by atoms with Crippen molar-refractivity contribution in [1.82, 2.24) is 4.90 Å². The van der Waals surface area contributed by atoms with E-state index in [4.69, 9.17) is 5.73 Å². The van der Waals surface area contributed by atoms with E-state index in [0.29, 0.717) is 5.92 Å². The second-order valence-corrected chi connectivity index (χ2v) is 3.60. The molecule has 0 radical (unpaired) electrons. The lowest BCUT2D eigenvalue weighted by atomic mass is 9.92. The van der Waals surface area contributed by atoms with Gasteiger partial charge in [-0.3, -0.25) is 0 Å². The van der Waals surface area contributed by atoms with Crippen molar-refractivity contribution in [3.05, 3.63) is 0 Å². The van der Waals surface area contributed by atoms with Crippen molar-refractivity contribution in [1.29, 1.82) is 0 Å². The third kappa shape index (κ3) is 1.25. The minimum Gasteiger partial charge on any atom is -0.324 e. The maximum Gasteiger partial charge on any atom is 0.0292 e. The summed E-state index contributed by atoms with van der Waals surface area (Å²) in [6.07, 6.45) is 0. The highest BCUT2D eigenvalue weighted by molar-refractivity contribution is 4.94. The standard InChI is InChI=1S/C7H16N2/c1-6-4-9(3)5-7(6,2)8/h6H,4-5,8H2,1-3H3/t6-,7+/m0/s1. The van der Waals surface area contributed by atoms with E-state index in [1.54, 1.807) is 0 Å². The van der Waals surface area contributed by atoms with Crippen LogP contribution < -0.4 is 5.73 Å². The molecule has 0 aromatic carbocycles. The van der Waals surface area contributed by atoms with E-state index >= 15 is 0 Å². The number of nitrogens with two attached hydrogens (primary N) is 1. The predicted molar refractivity (Wildman–Crippen MR) is 39.3 cm³/mol. The Balaban J connectivity index is 2.58. The van der Waals surface area contributed by atoms with Crippen molar-refractivity contribution in [2.45, 2.75) is 19.4 Å². The molecule has 2 atom stereocenters. The topological polar surface area (TPSA) is 29.3 Å². The Morgan fingerprint density at radius 3 is 2.33 bits per heavy atom. The van der Waals surface area contributed by atoms with E-state index in [1.165, 1.54) is 0 Å². The fourth-order valence-corrected chi connectivity index (χ4v) is 1.48. The molecule has 1 aliphatic heterocycles. The van der Waals surface area contributed by atoms with Crippen LogP contribution in [0.2, 0.25) is 0 Å². The van der Waals surface area contributed by atoms with Gasteiger partial charge in [-0.2, -0.15) is 0 Å². The summed E-state index contributed by atoms with van der Waals surface area (Å²) >= 11 is 0. The van der Waals surface area contributed by atoms with E-state index in [2.05, 4.69) is 25.8 Å². The molecule has 2 heteroatoms. The molecule has 1 rings (SSSR count). The van der Waals surface area contributed by atoms with Gasteiger partial charge in [-0.1, -0.05) is 6.92 Å². The minimum atomic E-state index is 0.0503. The number of hydrogen-bond acceptors (Lipinski definition) is 2. The van der Waals surface area contributed by atoms with Gasteiger partial charge in [0, 0.05) is 18.6 Å². The zero-order valence-corrected chi connectivity index (χ0v) is 6.52. The minimum absolute atomic E-state index is 0.0503. The van der Waals surface area contributed by atoms with Crippen molar-refractivity contribution in [3.63, 3.8) is 0 Å². The molecule has 9 heavy (non-hydrogen) atoms. The molecule has 1 heterocycles. The molecular formula is C7H16N2. The monoisotopic (exact) mass is 128 g/mol. The van der Waals surface area contributed by atoms with Crippen LogP contribution in [-0.2, 0) is 0 Å². The summed E-state index contributed by atoms with van der Waals surface area (Å²) < 4.78 is 0. The maximum absolute atomic E-state index is 5.97. The molecule has 1 saturated heterocycles. The summed E-state index contributed by atoms with van der Waals surface area (Å²) in [5.41, 5.74) is 6.02. The first-order valence-corrected chi connectivity index (χ1v) is 3.50. The first-order chi connectivity index (χ1) is 4.02. The highest BCUT2D eigenvalue weighted by Crippen LogP contribution is 2.22. The van der Waals surface area contributed by atoms with Gasteiger partial charge in [-0.05, 0) is 19.9 Å². The normalized spacial score (nSPS) is 46.0. The third-order valence-corrected chi connectivity index (χ3v) is 2.32. The molecule has 0 aromatic rings. The number of likely N-dealkylation sites (tertiary alicyclic amines) is 1. The van der Waals surface area contributed by atoms with Crippen LogP contribution >= 0.6 is 0 Å². The van der Waals surface area contributed by atoms with Gasteiger partial charge < -0.3 is 10.6 Å². The lowest BCUT2D eigenvalue weighted by Crippen LogP contribution is -2.43. The van der Waals surface area contributed by atoms with Gasteiger partial charge in [-0.15, -0.1) is 0 Å². The molecular weight excluding hydrogens is 112 g/mol. The number of rotatable bonds is 0. The SMILES string of the molecule is C[C@H]1CN(C)C[C@@]1(C)N. The molecule has 0 amide bonds. The van der Waals surface area contributed by atoms with E-state index in [1.807, 2.05) is 0 Å². The van der Waals surface area contributed by atoms with Crippen LogP contribution in [0.3, 0.4) is 0 Å². The Morgan fingerprint density at radius 2 is 2.22 bits per heavy atom. The number of hydrogen-bond donors (Lipinski definition) is 1. The van der Waals surface area contributed by atoms with E-state index < -0.39 is 0 Å². The van der Waals surface area contributed by atoms with Gasteiger partial charge in [0.25, 0.3) is 0 Å². The maximum atomic E-state index is 5.97. The molecule has 0 spiro atoms. The summed E-state index contributed by atoms with van der Waals surface area (Å²) in [5.74, 6) is 0.641. The average Bonchev–Trinajstić information content (AvgIpc) is 1.79. The summed E-state index contributed by atoms with van der Waals surface area (Å²) in [5, 5.41) is 0. The molecule has 0 aliphatic carbocycles. The van der Waals surface area contributed by atoms with Gasteiger partial charge in [0.15, 0.2) is 0 Å². The second-order valence-electron chi connectivity index (χ2n) is 3.60. The van der Waals surface area contributed by atoms with Gasteiger partial charge >= 0.3 is 0 Å². The Bertz CT molecular complexity index is 109. The van der Waals surface area contributed by atoms with Crippen LogP contribution in [0.15, 0.2) is 0 Å². The first kappa shape index (κ1) is 7.03. The predicted octanol–water partition coefficient (Wildman–Crippen LogP) is 0.285. The number of nitrogens with zero attached hydrogens (tertiary/aromatic N) is 1. The molecule has 54 valence electrons. The second kappa shape index (κ2) is 1.96. The molecule has 0 bridgehead atoms. The third-order valence-electron chi connectivity index (χ3n) is 2.32. The Kier molecular flexibility index (Phi) is 1.53. The molecule has 0 saturated carbocycles. The van der Waals surface area contributed by atoms with Crippen LogP contribution in [0.5, 0.6) is 0 Å². The van der Waals surface area contributed by atoms with Crippen molar-refractivity contribution in [2.75, 3.05) is 20.1 Å². The smallest absolute Gasteiger partial charge is 0.0292 e. The van der Waals surface area contributed by atoms with Gasteiger partial charge in [0.1, 0.15) is 0 Å². The van der Waals surface area contributed by atoms with Crippen LogP contribution in [0.25, 0.3) is 0 Å². The number of likely N-dealkylation sites (N-methyl/N-ethyl adjacent to an activating group) is 1. The Hall–Kier alpha value is -0.0800. The van der Waals surface area contributed by atoms with E-state index in [-0.39, 0.29) is 5.54 Å².